The van der Waals surface area contributed by atoms with Crippen molar-refractivity contribution in [1.82, 2.24) is 0 Å². The number of ketones is 2. The molecule has 5 nitrogen and oxygen atoms in total. The highest BCUT2D eigenvalue weighted by Gasteiger charge is 2.34. The third kappa shape index (κ3) is 5.29. The van der Waals surface area contributed by atoms with Crippen molar-refractivity contribution in [2.45, 2.75) is 15.4 Å². The fourth-order valence-electron chi connectivity index (χ4n) is 4.00. The lowest BCUT2D eigenvalue weighted by molar-refractivity contribution is -0.0964. The van der Waals surface area contributed by atoms with Crippen LogP contribution in [0, 0.1) is 0 Å². The number of amides is 1. The van der Waals surface area contributed by atoms with E-state index in [0.717, 1.165) is 11.8 Å². The predicted octanol–water partition coefficient (Wildman–Crippen LogP) is 7.69. The number of ether oxygens (including phenoxy) is 1. The van der Waals surface area contributed by atoms with E-state index < -0.39 is 11.5 Å². The molecule has 10 heteroatoms. The maximum absolute atomic E-state index is 13.6. The van der Waals surface area contributed by atoms with Gasteiger partial charge in [-0.3, -0.25) is 14.4 Å². The van der Waals surface area contributed by atoms with Gasteiger partial charge in [0.25, 0.3) is 5.91 Å². The highest BCUT2D eigenvalue weighted by atomic mass is 35.5. The first-order chi connectivity index (χ1) is 18.1. The fourth-order valence-corrected chi connectivity index (χ4v) is 5.30. The van der Waals surface area contributed by atoms with Crippen molar-refractivity contribution in [2.24, 2.45) is 0 Å². The van der Waals surface area contributed by atoms with Gasteiger partial charge in [-0.1, -0.05) is 47.6 Å². The molecule has 0 atom stereocenters. The van der Waals surface area contributed by atoms with Crippen LogP contribution in [0.3, 0.4) is 0 Å². The number of nitrogens with one attached hydrogen (secondary N) is 1. The van der Waals surface area contributed by atoms with E-state index in [1.165, 1.54) is 36.4 Å². The van der Waals surface area contributed by atoms with E-state index in [0.29, 0.717) is 20.4 Å². The first-order valence-corrected chi connectivity index (χ1v) is 12.6. The molecular formula is C28H15Cl2F2NO4S. The molecular weight excluding hydrogens is 555 g/mol. The number of hydrogen-bond donors (Lipinski definition) is 1. The van der Waals surface area contributed by atoms with Gasteiger partial charge in [-0.2, -0.15) is 0 Å². The van der Waals surface area contributed by atoms with Gasteiger partial charge in [-0.15, -0.1) is 8.78 Å². The van der Waals surface area contributed by atoms with E-state index in [9.17, 15) is 23.2 Å². The molecule has 0 saturated heterocycles. The number of hydrogen-bond acceptors (Lipinski definition) is 5. The van der Waals surface area contributed by atoms with Gasteiger partial charge in [0, 0.05) is 54.4 Å². The van der Waals surface area contributed by atoms with Crippen LogP contribution in [0.25, 0.3) is 0 Å². The normalized spacial score (nSPS) is 12.5. The molecule has 1 N–H and O–H groups in total. The Hall–Kier alpha value is -3.72. The van der Waals surface area contributed by atoms with Crippen LogP contribution in [0.4, 0.5) is 14.5 Å². The number of carbonyl (C=O) groups is 3. The number of carbonyl (C=O) groups excluding carboxylic acids is 3. The van der Waals surface area contributed by atoms with Crippen LogP contribution >= 0.6 is 35.0 Å². The number of rotatable bonds is 6. The summed E-state index contributed by atoms with van der Waals surface area (Å²) in [7, 11) is 0. The molecule has 0 bridgehead atoms. The van der Waals surface area contributed by atoms with E-state index in [2.05, 4.69) is 10.1 Å². The molecule has 4 aromatic carbocycles. The van der Waals surface area contributed by atoms with E-state index in [-0.39, 0.29) is 45.3 Å². The van der Waals surface area contributed by atoms with Crippen LogP contribution in [-0.2, 0) is 0 Å². The van der Waals surface area contributed by atoms with Crippen molar-refractivity contribution in [3.8, 4) is 5.75 Å². The lowest BCUT2D eigenvalue weighted by Crippen LogP contribution is -2.24. The Balaban J connectivity index is 1.55. The average Bonchev–Trinajstić information content (AvgIpc) is 2.88. The molecule has 190 valence electrons. The summed E-state index contributed by atoms with van der Waals surface area (Å²) in [6.45, 7) is 0. The van der Waals surface area contributed by atoms with Crippen molar-refractivity contribution in [2.75, 3.05) is 5.32 Å². The third-order valence-corrected chi connectivity index (χ3v) is 7.13. The van der Waals surface area contributed by atoms with Crippen molar-refractivity contribution in [3.63, 3.8) is 0 Å². The molecule has 0 unspecified atom stereocenters. The number of fused-ring (bicyclic) bond motifs is 2. The summed E-state index contributed by atoms with van der Waals surface area (Å²) >= 11 is 12.0. The fraction of sp³-hybridized carbons (Fsp3) is 0.0357. The monoisotopic (exact) mass is 569 g/mol. The van der Waals surface area contributed by atoms with Crippen molar-refractivity contribution in [3.05, 3.63) is 118 Å². The molecule has 0 aliphatic heterocycles. The summed E-state index contributed by atoms with van der Waals surface area (Å²) in [6, 6.07) is 21.5. The van der Waals surface area contributed by atoms with Crippen LogP contribution in [0.15, 0.2) is 94.7 Å². The number of benzene rings is 4. The summed E-state index contributed by atoms with van der Waals surface area (Å²) < 4.78 is 30.1. The summed E-state index contributed by atoms with van der Waals surface area (Å²) in [5.74, 6) is -1.45. The first kappa shape index (κ1) is 25.9. The molecule has 0 heterocycles. The molecule has 4 aromatic rings. The Kier molecular flexibility index (Phi) is 6.96. The summed E-state index contributed by atoms with van der Waals surface area (Å²) in [6.07, 6.45) is 0. The Morgan fingerprint density at radius 3 is 2.08 bits per heavy atom. The first-order valence-electron chi connectivity index (χ1n) is 11.1. The Morgan fingerprint density at radius 2 is 1.45 bits per heavy atom. The van der Waals surface area contributed by atoms with Crippen LogP contribution in [-0.4, -0.2) is 23.0 Å². The van der Waals surface area contributed by atoms with Gasteiger partial charge >= 0.3 is 5.57 Å². The predicted molar refractivity (Wildman–Crippen MR) is 141 cm³/mol. The van der Waals surface area contributed by atoms with E-state index in [1.807, 2.05) is 0 Å². The summed E-state index contributed by atoms with van der Waals surface area (Å²) in [5, 5.41) is 3.21. The SMILES string of the molecule is O=C(Nc1ccc(OC(F)(F)Cl)cc1)c1ccc2c(c1Sc1ccc(Cl)cc1)C(=O)c1ccccc1C2=O. The van der Waals surface area contributed by atoms with Crippen LogP contribution < -0.4 is 10.1 Å². The Labute approximate surface area is 229 Å². The minimum atomic E-state index is -3.87. The van der Waals surface area contributed by atoms with Crippen molar-refractivity contribution < 1.29 is 27.9 Å². The topological polar surface area (TPSA) is 72.5 Å². The molecule has 0 saturated carbocycles. The van der Waals surface area contributed by atoms with Crippen molar-refractivity contribution >= 4 is 58.1 Å². The van der Waals surface area contributed by atoms with Gasteiger partial charge in [-0.25, -0.2) is 0 Å². The third-order valence-electron chi connectivity index (χ3n) is 5.67. The highest BCUT2D eigenvalue weighted by Crippen LogP contribution is 2.40. The van der Waals surface area contributed by atoms with Crippen LogP contribution in [0.2, 0.25) is 5.02 Å². The van der Waals surface area contributed by atoms with Crippen LogP contribution in [0.5, 0.6) is 5.75 Å². The van der Waals surface area contributed by atoms with Gasteiger partial charge < -0.3 is 10.1 Å². The summed E-state index contributed by atoms with van der Waals surface area (Å²) in [4.78, 5) is 41.2. The zero-order valence-corrected chi connectivity index (χ0v) is 21.5. The second-order valence-corrected chi connectivity index (χ2v) is 10.1. The number of halogens is 4. The molecule has 5 rings (SSSR count). The maximum Gasteiger partial charge on any atom is 0.487 e. The van der Waals surface area contributed by atoms with E-state index >= 15 is 0 Å². The van der Waals surface area contributed by atoms with E-state index in [1.54, 1.807) is 48.5 Å². The minimum absolute atomic E-state index is 0.134. The van der Waals surface area contributed by atoms with Crippen LogP contribution in [0.1, 0.15) is 42.2 Å². The zero-order valence-electron chi connectivity index (χ0n) is 19.1. The molecule has 0 spiro atoms. The lowest BCUT2D eigenvalue weighted by Gasteiger charge is -2.22. The Bertz CT molecular complexity index is 1590. The average molecular weight is 570 g/mol. The second kappa shape index (κ2) is 10.2. The molecule has 1 aliphatic rings. The van der Waals surface area contributed by atoms with E-state index in [4.69, 9.17) is 23.2 Å². The van der Waals surface area contributed by atoms with Gasteiger partial charge in [0.1, 0.15) is 5.75 Å². The molecule has 1 amide bonds. The van der Waals surface area contributed by atoms with Gasteiger partial charge in [0.2, 0.25) is 0 Å². The standard InChI is InChI=1S/C28H15Cl2F2NO4S/c29-15-5-11-18(12-6-15)38-26-22(27(36)33-16-7-9-17(10-8-16)37-28(30,31)32)14-13-21-23(26)25(35)20-4-2-1-3-19(20)24(21)34/h1-14H,(H,33,36). The minimum Gasteiger partial charge on any atom is -0.420 e. The molecule has 1 aliphatic carbocycles. The largest absolute Gasteiger partial charge is 0.487 e. The molecule has 38 heavy (non-hydrogen) atoms. The molecule has 0 fully saturated rings. The quantitative estimate of drug-likeness (QED) is 0.212. The van der Waals surface area contributed by atoms with Crippen molar-refractivity contribution in [1.29, 1.82) is 0 Å². The smallest absolute Gasteiger partial charge is 0.420 e. The highest BCUT2D eigenvalue weighted by molar-refractivity contribution is 7.99. The van der Waals surface area contributed by atoms with Gasteiger partial charge in [-0.05, 0) is 60.7 Å². The Morgan fingerprint density at radius 1 is 0.816 bits per heavy atom. The number of alkyl halides is 3. The maximum atomic E-state index is 13.6. The van der Waals surface area contributed by atoms with Gasteiger partial charge in [0.15, 0.2) is 11.6 Å². The zero-order chi connectivity index (χ0) is 27.0. The second-order valence-electron chi connectivity index (χ2n) is 8.15. The molecule has 0 radical (unpaired) electrons. The lowest BCUT2D eigenvalue weighted by atomic mass is 9.83. The summed E-state index contributed by atoms with van der Waals surface area (Å²) in [5.41, 5.74) is -2.55. The number of anilines is 1. The molecule has 0 aromatic heterocycles. The van der Waals surface area contributed by atoms with Gasteiger partial charge in [0.05, 0.1) is 5.56 Å².